The molecule has 1 N–H and O–H groups in total. The second-order valence-electron chi connectivity index (χ2n) is 7.35. The molecule has 1 saturated heterocycles. The fraction of sp³-hybridized carbons (Fsp3) is 0.579. The number of hydrogen-bond donors (Lipinski definition) is 1. The van der Waals surface area contributed by atoms with E-state index < -0.39 is 0 Å². The van der Waals surface area contributed by atoms with Crippen molar-refractivity contribution in [3.05, 3.63) is 38.6 Å². The maximum absolute atomic E-state index is 12.5. The van der Waals surface area contributed by atoms with E-state index >= 15 is 0 Å². The first-order valence-electron chi connectivity index (χ1n) is 9.37. The predicted molar refractivity (Wildman–Crippen MR) is 103 cm³/mol. The molecule has 0 saturated carbocycles. The van der Waals surface area contributed by atoms with Gasteiger partial charge in [-0.25, -0.2) is 9.67 Å². The van der Waals surface area contributed by atoms with Crippen molar-refractivity contribution in [2.75, 3.05) is 33.2 Å². The van der Waals surface area contributed by atoms with Crippen LogP contribution in [-0.4, -0.2) is 68.7 Å². The highest BCUT2D eigenvalue weighted by molar-refractivity contribution is 5.76. The molecule has 0 radical (unpaired) electrons. The number of nitrogens with one attached hydrogen (secondary N) is 1. The molecule has 0 atom stereocenters. The van der Waals surface area contributed by atoms with Gasteiger partial charge in [0.25, 0.3) is 5.56 Å². The van der Waals surface area contributed by atoms with Crippen molar-refractivity contribution >= 4 is 5.91 Å². The zero-order valence-electron chi connectivity index (χ0n) is 16.8. The van der Waals surface area contributed by atoms with Crippen molar-refractivity contribution in [3.63, 3.8) is 0 Å². The van der Waals surface area contributed by atoms with Crippen molar-refractivity contribution in [3.8, 4) is 5.95 Å². The van der Waals surface area contributed by atoms with Gasteiger partial charge in [0.2, 0.25) is 11.9 Å². The average Bonchev–Trinajstić information content (AvgIpc) is 2.92. The summed E-state index contributed by atoms with van der Waals surface area (Å²) in [4.78, 5) is 36.0. The third-order valence-corrected chi connectivity index (χ3v) is 5.47. The van der Waals surface area contributed by atoms with E-state index in [4.69, 9.17) is 0 Å². The molecule has 3 heterocycles. The van der Waals surface area contributed by atoms with E-state index in [1.165, 1.54) is 0 Å². The summed E-state index contributed by atoms with van der Waals surface area (Å²) in [5.74, 6) is 0.604. The van der Waals surface area contributed by atoms with Crippen molar-refractivity contribution in [1.29, 1.82) is 0 Å². The number of aromatic nitrogens is 4. The summed E-state index contributed by atoms with van der Waals surface area (Å²) in [6.45, 7) is 10.9. The minimum atomic E-state index is -0.156. The van der Waals surface area contributed by atoms with Gasteiger partial charge in [0.05, 0.1) is 5.69 Å². The molecule has 0 aliphatic carbocycles. The molecule has 0 unspecified atom stereocenters. The number of hydrogen-bond acceptors (Lipinski definition) is 5. The lowest BCUT2D eigenvalue weighted by atomic mass is 10.1. The molecule has 2 aromatic rings. The minimum Gasteiger partial charge on any atom is -0.340 e. The second-order valence-corrected chi connectivity index (χ2v) is 7.35. The SMILES string of the molecule is Cc1nn(-c2nc(C)c(C)c(=O)[nH]2)c(C)c1CCC(=O)N1CCN(C)CC1. The number of rotatable bonds is 4. The summed E-state index contributed by atoms with van der Waals surface area (Å²) in [6, 6.07) is 0. The van der Waals surface area contributed by atoms with Gasteiger partial charge in [-0.3, -0.25) is 14.6 Å². The van der Waals surface area contributed by atoms with Gasteiger partial charge in [-0.1, -0.05) is 0 Å². The lowest BCUT2D eigenvalue weighted by Crippen LogP contribution is -2.47. The number of likely N-dealkylation sites (N-methyl/N-ethyl adjacent to an activating group) is 1. The van der Waals surface area contributed by atoms with Crippen LogP contribution >= 0.6 is 0 Å². The van der Waals surface area contributed by atoms with Crippen LogP contribution in [0.15, 0.2) is 4.79 Å². The second kappa shape index (κ2) is 7.64. The van der Waals surface area contributed by atoms with E-state index in [1.54, 1.807) is 11.6 Å². The summed E-state index contributed by atoms with van der Waals surface area (Å²) >= 11 is 0. The van der Waals surface area contributed by atoms with E-state index in [-0.39, 0.29) is 11.5 Å². The van der Waals surface area contributed by atoms with Crippen LogP contribution in [0.3, 0.4) is 0 Å². The topological polar surface area (TPSA) is 87.1 Å². The van der Waals surface area contributed by atoms with Gasteiger partial charge in [-0.2, -0.15) is 5.10 Å². The van der Waals surface area contributed by atoms with E-state index in [2.05, 4.69) is 27.0 Å². The summed E-state index contributed by atoms with van der Waals surface area (Å²) < 4.78 is 1.67. The molecule has 1 amide bonds. The Hall–Kier alpha value is -2.48. The van der Waals surface area contributed by atoms with E-state index in [9.17, 15) is 9.59 Å². The monoisotopic (exact) mass is 372 g/mol. The fourth-order valence-corrected chi connectivity index (χ4v) is 3.42. The van der Waals surface area contributed by atoms with Gasteiger partial charge < -0.3 is 9.80 Å². The fourth-order valence-electron chi connectivity index (χ4n) is 3.42. The van der Waals surface area contributed by atoms with Crippen molar-refractivity contribution < 1.29 is 4.79 Å². The van der Waals surface area contributed by atoms with Gasteiger partial charge in [0.1, 0.15) is 0 Å². The standard InChI is InChI=1S/C19H28N6O2/c1-12-13(2)20-19(21-18(12)27)25-15(4)16(14(3)22-25)6-7-17(26)24-10-8-23(5)9-11-24/h6-11H2,1-5H3,(H,20,21,27). The van der Waals surface area contributed by atoms with Crippen molar-refractivity contribution in [1.82, 2.24) is 29.5 Å². The molecular weight excluding hydrogens is 344 g/mol. The van der Waals surface area contributed by atoms with E-state index in [0.29, 0.717) is 30.0 Å². The minimum absolute atomic E-state index is 0.156. The largest absolute Gasteiger partial charge is 0.340 e. The summed E-state index contributed by atoms with van der Waals surface area (Å²) in [6.07, 6.45) is 1.10. The van der Waals surface area contributed by atoms with Crippen LogP contribution in [0.4, 0.5) is 0 Å². The highest BCUT2D eigenvalue weighted by Crippen LogP contribution is 2.18. The molecule has 3 rings (SSSR count). The lowest BCUT2D eigenvalue weighted by Gasteiger charge is -2.32. The van der Waals surface area contributed by atoms with Crippen LogP contribution in [0.2, 0.25) is 0 Å². The first-order chi connectivity index (χ1) is 12.8. The molecule has 27 heavy (non-hydrogen) atoms. The Morgan fingerprint density at radius 2 is 1.74 bits per heavy atom. The maximum Gasteiger partial charge on any atom is 0.255 e. The number of amides is 1. The Labute approximate surface area is 159 Å². The molecule has 1 aliphatic heterocycles. The molecule has 1 aliphatic rings. The smallest absolute Gasteiger partial charge is 0.255 e. The van der Waals surface area contributed by atoms with Crippen LogP contribution in [0.5, 0.6) is 0 Å². The van der Waals surface area contributed by atoms with Gasteiger partial charge in [0.15, 0.2) is 0 Å². The Morgan fingerprint density at radius 3 is 2.37 bits per heavy atom. The maximum atomic E-state index is 12.5. The quantitative estimate of drug-likeness (QED) is 0.861. The molecule has 146 valence electrons. The first-order valence-corrected chi connectivity index (χ1v) is 9.37. The summed E-state index contributed by atoms with van der Waals surface area (Å²) in [5, 5.41) is 4.55. The van der Waals surface area contributed by atoms with Gasteiger partial charge in [0, 0.05) is 49.6 Å². The Kier molecular flexibility index (Phi) is 5.46. The van der Waals surface area contributed by atoms with Crippen LogP contribution in [0.25, 0.3) is 5.95 Å². The molecular formula is C19H28N6O2. The van der Waals surface area contributed by atoms with Gasteiger partial charge in [-0.15, -0.1) is 0 Å². The van der Waals surface area contributed by atoms with Crippen LogP contribution in [-0.2, 0) is 11.2 Å². The molecule has 1 fully saturated rings. The van der Waals surface area contributed by atoms with Crippen LogP contribution in [0.1, 0.15) is 34.6 Å². The number of carbonyl (C=O) groups is 1. The third kappa shape index (κ3) is 3.95. The Bertz CT molecular complexity index is 906. The summed E-state index contributed by atoms with van der Waals surface area (Å²) in [7, 11) is 2.08. The number of nitrogens with zero attached hydrogens (tertiary/aromatic N) is 5. The Balaban J connectivity index is 1.76. The molecule has 0 aromatic carbocycles. The van der Waals surface area contributed by atoms with Crippen LogP contribution < -0.4 is 5.56 Å². The molecule has 0 spiro atoms. The zero-order valence-corrected chi connectivity index (χ0v) is 16.8. The van der Waals surface area contributed by atoms with E-state index in [0.717, 1.165) is 43.1 Å². The first kappa shape index (κ1) is 19.3. The number of carbonyl (C=O) groups excluding carboxylic acids is 1. The predicted octanol–water partition coefficient (Wildman–Crippen LogP) is 0.896. The normalized spacial score (nSPS) is 15.4. The molecule has 2 aromatic heterocycles. The van der Waals surface area contributed by atoms with Crippen molar-refractivity contribution in [2.24, 2.45) is 0 Å². The summed E-state index contributed by atoms with van der Waals surface area (Å²) in [5.41, 5.74) is 3.95. The number of H-pyrrole nitrogens is 1. The highest BCUT2D eigenvalue weighted by atomic mass is 16.2. The highest BCUT2D eigenvalue weighted by Gasteiger charge is 2.21. The number of aryl methyl sites for hydroxylation is 2. The third-order valence-electron chi connectivity index (χ3n) is 5.47. The zero-order chi connectivity index (χ0) is 19.7. The number of aromatic amines is 1. The number of piperazine rings is 1. The molecule has 0 bridgehead atoms. The van der Waals surface area contributed by atoms with Gasteiger partial charge >= 0.3 is 0 Å². The van der Waals surface area contributed by atoms with Crippen LogP contribution in [0, 0.1) is 27.7 Å². The molecule has 8 heteroatoms. The average molecular weight is 372 g/mol. The lowest BCUT2D eigenvalue weighted by molar-refractivity contribution is -0.132. The van der Waals surface area contributed by atoms with Gasteiger partial charge in [-0.05, 0) is 46.7 Å². The molecule has 8 nitrogen and oxygen atoms in total. The Morgan fingerprint density at radius 1 is 1.07 bits per heavy atom. The van der Waals surface area contributed by atoms with Crippen molar-refractivity contribution in [2.45, 2.75) is 40.5 Å². The van der Waals surface area contributed by atoms with E-state index in [1.807, 2.05) is 25.7 Å².